The van der Waals surface area contributed by atoms with E-state index in [0.717, 1.165) is 0 Å². The van der Waals surface area contributed by atoms with Crippen molar-refractivity contribution in [2.75, 3.05) is 12.4 Å². The SMILES string of the molecule is O=C(OC[C@H]1SC[C@H](OC(=O)c2ccccc2)[C@H]1OC(=O)c1ccccc1)c1ccccc1. The van der Waals surface area contributed by atoms with E-state index in [2.05, 4.69) is 0 Å². The van der Waals surface area contributed by atoms with Gasteiger partial charge in [-0.3, -0.25) is 0 Å². The number of thioether (sulfide) groups is 1. The highest BCUT2D eigenvalue weighted by molar-refractivity contribution is 8.00. The van der Waals surface area contributed by atoms with Crippen LogP contribution in [0.2, 0.25) is 0 Å². The fourth-order valence-electron chi connectivity index (χ4n) is 3.40. The zero-order chi connectivity index (χ0) is 23.0. The predicted octanol–water partition coefficient (Wildman–Crippen LogP) is 4.41. The van der Waals surface area contributed by atoms with E-state index in [1.807, 2.05) is 12.1 Å². The van der Waals surface area contributed by atoms with Crippen LogP contribution in [-0.4, -0.2) is 47.7 Å². The largest absolute Gasteiger partial charge is 0.461 e. The van der Waals surface area contributed by atoms with Gasteiger partial charge in [0.25, 0.3) is 0 Å². The second-order valence-corrected chi connectivity index (χ2v) is 8.65. The lowest BCUT2D eigenvalue weighted by molar-refractivity contribution is -0.0295. The second-order valence-electron chi connectivity index (χ2n) is 7.38. The van der Waals surface area contributed by atoms with E-state index < -0.39 is 30.1 Å². The molecule has 0 spiro atoms. The summed E-state index contributed by atoms with van der Waals surface area (Å²) < 4.78 is 16.9. The minimum absolute atomic E-state index is 0.0184. The monoisotopic (exact) mass is 462 g/mol. The highest BCUT2D eigenvalue weighted by atomic mass is 32.2. The third-order valence-electron chi connectivity index (χ3n) is 5.12. The van der Waals surface area contributed by atoms with E-state index in [-0.39, 0.29) is 11.9 Å². The van der Waals surface area contributed by atoms with Crippen molar-refractivity contribution < 1.29 is 28.6 Å². The smallest absolute Gasteiger partial charge is 0.338 e. The molecule has 4 rings (SSSR count). The maximum absolute atomic E-state index is 12.7. The normalized spacial score (nSPS) is 19.5. The molecular weight excluding hydrogens is 440 g/mol. The quantitative estimate of drug-likeness (QED) is 0.380. The molecule has 0 aliphatic carbocycles. The summed E-state index contributed by atoms with van der Waals surface area (Å²) in [6.07, 6.45) is -1.44. The van der Waals surface area contributed by atoms with E-state index in [1.165, 1.54) is 11.8 Å². The number of rotatable bonds is 7. The molecule has 0 bridgehead atoms. The van der Waals surface area contributed by atoms with Gasteiger partial charge < -0.3 is 14.2 Å². The Morgan fingerprint density at radius 3 is 1.64 bits per heavy atom. The summed E-state index contributed by atoms with van der Waals surface area (Å²) in [5.41, 5.74) is 1.24. The summed E-state index contributed by atoms with van der Waals surface area (Å²) in [5.74, 6) is -1.07. The van der Waals surface area contributed by atoms with Crippen LogP contribution in [0, 0.1) is 0 Å². The van der Waals surface area contributed by atoms with Crippen molar-refractivity contribution in [3.63, 3.8) is 0 Å². The van der Waals surface area contributed by atoms with Crippen molar-refractivity contribution in [2.45, 2.75) is 17.5 Å². The number of benzene rings is 3. The lowest BCUT2D eigenvalue weighted by Crippen LogP contribution is -2.39. The maximum Gasteiger partial charge on any atom is 0.338 e. The number of hydrogen-bond donors (Lipinski definition) is 0. The fourth-order valence-corrected chi connectivity index (χ4v) is 4.68. The first-order valence-corrected chi connectivity index (χ1v) is 11.5. The highest BCUT2D eigenvalue weighted by Crippen LogP contribution is 2.33. The molecule has 1 aliphatic heterocycles. The number of carbonyl (C=O) groups excluding carboxylic acids is 3. The minimum Gasteiger partial charge on any atom is -0.461 e. The summed E-state index contributed by atoms with van der Waals surface area (Å²) in [7, 11) is 0. The molecule has 168 valence electrons. The van der Waals surface area contributed by atoms with E-state index >= 15 is 0 Å². The molecule has 6 nitrogen and oxygen atoms in total. The lowest BCUT2D eigenvalue weighted by Gasteiger charge is -2.24. The predicted molar refractivity (Wildman–Crippen MR) is 124 cm³/mol. The first-order chi connectivity index (χ1) is 16.1. The van der Waals surface area contributed by atoms with E-state index in [4.69, 9.17) is 14.2 Å². The molecule has 7 heteroatoms. The Kier molecular flexibility index (Phi) is 7.42. The van der Waals surface area contributed by atoms with Gasteiger partial charge in [0.15, 0.2) is 6.10 Å². The Hall–Kier alpha value is -3.58. The van der Waals surface area contributed by atoms with E-state index in [9.17, 15) is 14.4 Å². The minimum atomic E-state index is -0.765. The maximum atomic E-state index is 12.7. The average Bonchev–Trinajstić information content (AvgIpc) is 3.24. The molecule has 0 radical (unpaired) electrons. The molecule has 1 fully saturated rings. The number of hydrogen-bond acceptors (Lipinski definition) is 7. The molecule has 0 aromatic heterocycles. The zero-order valence-electron chi connectivity index (χ0n) is 17.7. The van der Waals surface area contributed by atoms with Crippen molar-refractivity contribution in [1.82, 2.24) is 0 Å². The van der Waals surface area contributed by atoms with Gasteiger partial charge in [0.1, 0.15) is 12.7 Å². The van der Waals surface area contributed by atoms with Crippen molar-refractivity contribution >= 4 is 29.7 Å². The van der Waals surface area contributed by atoms with Gasteiger partial charge in [0.2, 0.25) is 0 Å². The van der Waals surface area contributed by atoms with Crippen LogP contribution in [0.25, 0.3) is 0 Å². The van der Waals surface area contributed by atoms with Gasteiger partial charge in [-0.2, -0.15) is 0 Å². The second kappa shape index (κ2) is 10.8. The van der Waals surface area contributed by atoms with Crippen LogP contribution in [0.1, 0.15) is 31.1 Å². The van der Waals surface area contributed by atoms with Gasteiger partial charge in [0, 0.05) is 5.75 Å². The number of esters is 3. The Labute approximate surface area is 195 Å². The van der Waals surface area contributed by atoms with Gasteiger partial charge in [-0.05, 0) is 36.4 Å². The summed E-state index contributed by atoms with van der Waals surface area (Å²) in [4.78, 5) is 37.7. The molecule has 3 aromatic carbocycles. The fraction of sp³-hybridized carbons (Fsp3) is 0.192. The van der Waals surface area contributed by atoms with E-state index in [0.29, 0.717) is 22.4 Å². The first kappa shape index (κ1) is 22.6. The topological polar surface area (TPSA) is 78.9 Å². The molecule has 0 amide bonds. The average molecular weight is 463 g/mol. The summed E-state index contributed by atoms with van der Waals surface area (Å²) in [6.45, 7) is 0.0184. The van der Waals surface area contributed by atoms with Crippen LogP contribution in [0.3, 0.4) is 0 Å². The summed E-state index contributed by atoms with van der Waals surface area (Å²) in [5, 5.41) is -0.376. The van der Waals surface area contributed by atoms with Crippen molar-refractivity contribution in [2.24, 2.45) is 0 Å². The summed E-state index contributed by atoms with van der Waals surface area (Å²) in [6, 6.07) is 25.9. The zero-order valence-corrected chi connectivity index (χ0v) is 18.5. The van der Waals surface area contributed by atoms with Crippen LogP contribution in [0.4, 0.5) is 0 Å². The van der Waals surface area contributed by atoms with Crippen LogP contribution >= 0.6 is 11.8 Å². The highest BCUT2D eigenvalue weighted by Gasteiger charge is 2.43. The molecule has 0 unspecified atom stereocenters. The van der Waals surface area contributed by atoms with Gasteiger partial charge >= 0.3 is 17.9 Å². The van der Waals surface area contributed by atoms with E-state index in [1.54, 1.807) is 78.9 Å². The van der Waals surface area contributed by atoms with Crippen LogP contribution in [0.5, 0.6) is 0 Å². The van der Waals surface area contributed by atoms with Crippen molar-refractivity contribution in [3.8, 4) is 0 Å². The molecule has 0 saturated carbocycles. The molecule has 1 heterocycles. The molecule has 33 heavy (non-hydrogen) atoms. The van der Waals surface area contributed by atoms with Gasteiger partial charge in [0.05, 0.1) is 21.9 Å². The van der Waals surface area contributed by atoms with Crippen LogP contribution in [-0.2, 0) is 14.2 Å². The third-order valence-corrected chi connectivity index (χ3v) is 6.47. The molecule has 1 aliphatic rings. The van der Waals surface area contributed by atoms with Gasteiger partial charge in [-0.1, -0.05) is 54.6 Å². The Bertz CT molecular complexity index is 1090. The molecule has 0 N–H and O–H groups in total. The number of carbonyl (C=O) groups is 3. The Morgan fingerprint density at radius 1 is 0.667 bits per heavy atom. The molecular formula is C26H22O6S. The Balaban J connectivity index is 1.46. The standard InChI is InChI=1S/C26H22O6S/c27-24(18-10-4-1-5-11-18)30-16-22-23(32-26(29)20-14-8-3-9-15-20)21(17-33-22)31-25(28)19-12-6-2-7-13-19/h1-15,21-23H,16-17H2/t21-,22+,23+/m0/s1. The third kappa shape index (κ3) is 5.81. The number of ether oxygens (including phenoxy) is 3. The molecule has 3 atom stereocenters. The van der Waals surface area contributed by atoms with Gasteiger partial charge in [-0.25, -0.2) is 14.4 Å². The lowest BCUT2D eigenvalue weighted by atomic mass is 10.1. The summed E-state index contributed by atoms with van der Waals surface area (Å²) >= 11 is 1.44. The Morgan fingerprint density at radius 2 is 1.12 bits per heavy atom. The molecule has 3 aromatic rings. The first-order valence-electron chi connectivity index (χ1n) is 10.5. The van der Waals surface area contributed by atoms with Crippen LogP contribution < -0.4 is 0 Å². The van der Waals surface area contributed by atoms with Gasteiger partial charge in [-0.15, -0.1) is 11.8 Å². The van der Waals surface area contributed by atoms with Crippen molar-refractivity contribution in [3.05, 3.63) is 108 Å². The van der Waals surface area contributed by atoms with Crippen molar-refractivity contribution in [1.29, 1.82) is 0 Å². The molecule has 1 saturated heterocycles. The van der Waals surface area contributed by atoms with Crippen LogP contribution in [0.15, 0.2) is 91.0 Å².